The average molecular weight is 154 g/mol. The van der Waals surface area contributed by atoms with Gasteiger partial charge >= 0.3 is 0 Å². The zero-order chi connectivity index (χ0) is 8.81. The highest BCUT2D eigenvalue weighted by atomic mass is 15.4. The van der Waals surface area contributed by atoms with E-state index in [0.717, 1.165) is 0 Å². The molecule has 2 nitrogen and oxygen atoms in total. The van der Waals surface area contributed by atoms with Crippen molar-refractivity contribution in [3.8, 4) is 0 Å². The van der Waals surface area contributed by atoms with E-state index in [4.69, 9.17) is 0 Å². The summed E-state index contributed by atoms with van der Waals surface area (Å²) in [5.74, 6) is 0. The second-order valence-electron chi connectivity index (χ2n) is 3.78. The first-order chi connectivity index (χ1) is 4.89. The van der Waals surface area contributed by atoms with Crippen LogP contribution in [0.4, 0.5) is 0 Å². The fraction of sp³-hybridized carbons (Fsp3) is 0.778. The van der Waals surface area contributed by atoms with Gasteiger partial charge in [-0.15, -0.1) is 0 Å². The molecular weight excluding hydrogens is 136 g/mol. The van der Waals surface area contributed by atoms with Crippen LogP contribution in [0.25, 0.3) is 0 Å². The van der Waals surface area contributed by atoms with Crippen LogP contribution in [0.15, 0.2) is 11.4 Å². The highest BCUT2D eigenvalue weighted by molar-refractivity contribution is 5.18. The van der Waals surface area contributed by atoms with Gasteiger partial charge in [-0.1, -0.05) is 0 Å². The Morgan fingerprint density at radius 1 is 0.909 bits per heavy atom. The van der Waals surface area contributed by atoms with Gasteiger partial charge in [-0.3, -0.25) is 0 Å². The molecule has 0 radical (unpaired) electrons. The molecule has 0 spiro atoms. The van der Waals surface area contributed by atoms with E-state index in [0.29, 0.717) is 0 Å². The van der Waals surface area contributed by atoms with Crippen LogP contribution < -0.4 is 0 Å². The van der Waals surface area contributed by atoms with E-state index in [9.17, 15) is 0 Å². The van der Waals surface area contributed by atoms with Crippen LogP contribution in [-0.2, 0) is 0 Å². The first-order valence-electron chi connectivity index (χ1n) is 4.04. The maximum Gasteiger partial charge on any atom is 0.106 e. The summed E-state index contributed by atoms with van der Waals surface area (Å²) in [5, 5.41) is 0. The number of allylic oxidation sites excluding steroid dienone is 2. The molecule has 1 aliphatic heterocycles. The van der Waals surface area contributed by atoms with E-state index in [2.05, 4.69) is 51.6 Å². The summed E-state index contributed by atoms with van der Waals surface area (Å²) in [5.41, 5.74) is 2.89. The van der Waals surface area contributed by atoms with Crippen molar-refractivity contribution < 1.29 is 0 Å². The van der Waals surface area contributed by atoms with E-state index in [1.165, 1.54) is 11.4 Å². The molecule has 2 heteroatoms. The van der Waals surface area contributed by atoms with Crippen molar-refractivity contribution in [1.29, 1.82) is 0 Å². The van der Waals surface area contributed by atoms with Gasteiger partial charge < -0.3 is 9.80 Å². The predicted octanol–water partition coefficient (Wildman–Crippen LogP) is 1.85. The lowest BCUT2D eigenvalue weighted by Crippen LogP contribution is -2.45. The lowest BCUT2D eigenvalue weighted by Gasteiger charge is -2.37. The molecule has 0 aliphatic carbocycles. The highest BCUT2D eigenvalue weighted by Gasteiger charge is 2.35. The zero-order valence-electron chi connectivity index (χ0n) is 8.39. The Bertz CT molecular complexity index is 184. The molecule has 1 rings (SSSR count). The molecule has 1 aliphatic rings. The molecule has 0 N–H and O–H groups in total. The summed E-state index contributed by atoms with van der Waals surface area (Å²) in [6.45, 7) is 8.79. The molecular formula is C9H18N2. The summed E-state index contributed by atoms with van der Waals surface area (Å²) in [4.78, 5) is 4.62. The Hall–Kier alpha value is -0.660. The summed E-state index contributed by atoms with van der Waals surface area (Å²) in [6.07, 6.45) is 0. The van der Waals surface area contributed by atoms with Gasteiger partial charge in [-0.2, -0.15) is 0 Å². The van der Waals surface area contributed by atoms with Crippen LogP contribution >= 0.6 is 0 Å². The number of nitrogens with zero attached hydrogens (tertiary/aromatic N) is 2. The van der Waals surface area contributed by atoms with Gasteiger partial charge in [-0.05, 0) is 27.7 Å². The van der Waals surface area contributed by atoms with Crippen LogP contribution in [0.1, 0.15) is 27.7 Å². The van der Waals surface area contributed by atoms with Crippen LogP contribution in [0.5, 0.6) is 0 Å². The van der Waals surface area contributed by atoms with E-state index < -0.39 is 0 Å². The number of rotatable bonds is 0. The minimum Gasteiger partial charge on any atom is -0.354 e. The summed E-state index contributed by atoms with van der Waals surface area (Å²) < 4.78 is 0. The molecule has 0 atom stereocenters. The van der Waals surface area contributed by atoms with Crippen molar-refractivity contribution in [2.24, 2.45) is 0 Å². The Balaban J connectivity index is 3.02. The maximum absolute atomic E-state index is 2.31. The maximum atomic E-state index is 2.31. The molecule has 0 aromatic heterocycles. The zero-order valence-corrected chi connectivity index (χ0v) is 8.39. The summed E-state index contributed by atoms with van der Waals surface area (Å²) >= 11 is 0. The number of hydrogen-bond acceptors (Lipinski definition) is 2. The van der Waals surface area contributed by atoms with Gasteiger partial charge in [0.1, 0.15) is 5.66 Å². The first kappa shape index (κ1) is 8.44. The number of hydrogen-bond donors (Lipinski definition) is 0. The second-order valence-corrected chi connectivity index (χ2v) is 3.78. The van der Waals surface area contributed by atoms with Crippen molar-refractivity contribution in [3.05, 3.63) is 11.4 Å². The van der Waals surface area contributed by atoms with Gasteiger partial charge in [0.25, 0.3) is 0 Å². The molecule has 0 amide bonds. The Kier molecular flexibility index (Phi) is 1.66. The molecule has 0 saturated carbocycles. The molecule has 0 bridgehead atoms. The third kappa shape index (κ3) is 0.924. The normalized spacial score (nSPS) is 23.5. The van der Waals surface area contributed by atoms with Crippen LogP contribution in [0.3, 0.4) is 0 Å². The SMILES string of the molecule is CC1=C(C)N(C)C(C)(C)N1C. The molecule has 0 unspecified atom stereocenters. The van der Waals surface area contributed by atoms with Crippen molar-refractivity contribution in [3.63, 3.8) is 0 Å². The molecule has 0 aromatic rings. The Morgan fingerprint density at radius 3 is 1.27 bits per heavy atom. The monoisotopic (exact) mass is 154 g/mol. The molecule has 64 valence electrons. The highest BCUT2D eigenvalue weighted by Crippen LogP contribution is 2.33. The van der Waals surface area contributed by atoms with E-state index in [1.54, 1.807) is 0 Å². The average Bonchev–Trinajstić information content (AvgIpc) is 2.06. The van der Waals surface area contributed by atoms with Crippen molar-refractivity contribution in [2.45, 2.75) is 33.4 Å². The van der Waals surface area contributed by atoms with Gasteiger partial charge in [-0.25, -0.2) is 0 Å². The molecule has 0 fully saturated rings. The van der Waals surface area contributed by atoms with Gasteiger partial charge in [0.05, 0.1) is 0 Å². The molecule has 11 heavy (non-hydrogen) atoms. The van der Waals surface area contributed by atoms with Crippen LogP contribution in [-0.4, -0.2) is 29.6 Å². The van der Waals surface area contributed by atoms with Crippen LogP contribution in [0.2, 0.25) is 0 Å². The second kappa shape index (κ2) is 2.16. The van der Waals surface area contributed by atoms with Gasteiger partial charge in [0, 0.05) is 25.5 Å². The fourth-order valence-electron chi connectivity index (χ4n) is 1.53. The van der Waals surface area contributed by atoms with Gasteiger partial charge in [0.2, 0.25) is 0 Å². The third-order valence-electron chi connectivity index (χ3n) is 3.17. The van der Waals surface area contributed by atoms with Crippen molar-refractivity contribution in [2.75, 3.05) is 14.1 Å². The van der Waals surface area contributed by atoms with Crippen molar-refractivity contribution in [1.82, 2.24) is 9.80 Å². The summed E-state index contributed by atoms with van der Waals surface area (Å²) in [6, 6.07) is 0. The Morgan fingerprint density at radius 2 is 1.18 bits per heavy atom. The topological polar surface area (TPSA) is 6.48 Å². The quantitative estimate of drug-likeness (QED) is 0.525. The Labute approximate surface area is 69.5 Å². The van der Waals surface area contributed by atoms with Crippen molar-refractivity contribution >= 4 is 0 Å². The van der Waals surface area contributed by atoms with Gasteiger partial charge in [0.15, 0.2) is 0 Å². The third-order valence-corrected chi connectivity index (χ3v) is 3.17. The fourth-order valence-corrected chi connectivity index (χ4v) is 1.53. The lowest BCUT2D eigenvalue weighted by molar-refractivity contribution is 0.0917. The van der Waals surface area contributed by atoms with E-state index in [-0.39, 0.29) is 5.66 Å². The molecule has 0 saturated heterocycles. The standard InChI is InChI=1S/C9H18N2/c1-7-8(2)11(6)9(3,4)10(7)5/h1-6H3. The minimum absolute atomic E-state index is 0.147. The lowest BCUT2D eigenvalue weighted by atomic mass is 10.2. The molecule has 1 heterocycles. The minimum atomic E-state index is 0.147. The van der Waals surface area contributed by atoms with Crippen LogP contribution in [0, 0.1) is 0 Å². The van der Waals surface area contributed by atoms with E-state index >= 15 is 0 Å². The smallest absolute Gasteiger partial charge is 0.106 e. The summed E-state index contributed by atoms with van der Waals surface area (Å²) in [7, 11) is 4.28. The first-order valence-corrected chi connectivity index (χ1v) is 4.04. The van der Waals surface area contributed by atoms with E-state index in [1.807, 2.05) is 0 Å². The molecule has 0 aromatic carbocycles. The largest absolute Gasteiger partial charge is 0.354 e. The predicted molar refractivity (Wildman–Crippen MR) is 48.0 cm³/mol.